The number of hydrogen-bond donors (Lipinski definition) is 1. The molecule has 1 fully saturated rings. The number of hydrogen-bond acceptors (Lipinski definition) is 2. The van der Waals surface area contributed by atoms with Gasteiger partial charge in [-0.3, -0.25) is 4.68 Å². The Morgan fingerprint density at radius 3 is 2.68 bits per heavy atom. The number of carbonyl (C=O) groups is 1. The molecule has 1 aromatic heterocycles. The summed E-state index contributed by atoms with van der Waals surface area (Å²) in [5.41, 5.74) is 4.56. The van der Waals surface area contributed by atoms with Crippen molar-refractivity contribution in [2.45, 2.75) is 39.7 Å². The summed E-state index contributed by atoms with van der Waals surface area (Å²) in [6, 6.07) is 10.5. The Kier molecular flexibility index (Phi) is 5.11. The fourth-order valence-corrected chi connectivity index (χ4v) is 3.90. The first kappa shape index (κ1) is 17.5. The molecule has 1 N–H and O–H groups in total. The molecule has 3 rings (SSSR count). The second-order valence-corrected chi connectivity index (χ2v) is 7.17. The molecule has 25 heavy (non-hydrogen) atoms. The Labute approximate surface area is 150 Å². The van der Waals surface area contributed by atoms with Crippen LogP contribution in [-0.2, 0) is 13.5 Å². The van der Waals surface area contributed by atoms with Crippen LogP contribution in [0.4, 0.5) is 4.79 Å². The second kappa shape index (κ2) is 7.30. The molecule has 5 heteroatoms. The van der Waals surface area contributed by atoms with Crippen LogP contribution in [0.3, 0.4) is 0 Å². The molecule has 5 nitrogen and oxygen atoms in total. The molecule has 0 unspecified atom stereocenters. The van der Waals surface area contributed by atoms with E-state index in [2.05, 4.69) is 34.7 Å². The van der Waals surface area contributed by atoms with Crippen LogP contribution in [0.25, 0.3) is 0 Å². The van der Waals surface area contributed by atoms with Crippen LogP contribution in [0.1, 0.15) is 41.9 Å². The van der Waals surface area contributed by atoms with Crippen LogP contribution in [0, 0.1) is 19.8 Å². The lowest BCUT2D eigenvalue weighted by Gasteiger charge is -2.21. The number of aromatic nitrogens is 2. The Morgan fingerprint density at radius 1 is 1.32 bits per heavy atom. The monoisotopic (exact) mass is 340 g/mol. The van der Waals surface area contributed by atoms with Crippen LogP contribution >= 0.6 is 0 Å². The summed E-state index contributed by atoms with van der Waals surface area (Å²) in [6.07, 6.45) is 2.11. The molecule has 0 aliphatic carbocycles. The standard InChI is InChI=1S/C20H28N4O/c1-14(19-15(2)22-23(4)16(19)3)21-20(25)24-11-10-18(13-24)12-17-8-6-5-7-9-17/h5-9,14,18H,10-13H2,1-4H3,(H,21,25)/t14-,18+/m1/s1. The van der Waals surface area contributed by atoms with Crippen LogP contribution in [0.15, 0.2) is 30.3 Å². The van der Waals surface area contributed by atoms with Gasteiger partial charge in [-0.2, -0.15) is 5.10 Å². The maximum atomic E-state index is 12.6. The van der Waals surface area contributed by atoms with E-state index in [1.165, 1.54) is 5.56 Å². The summed E-state index contributed by atoms with van der Waals surface area (Å²) >= 11 is 0. The van der Waals surface area contributed by atoms with Crippen molar-refractivity contribution in [1.29, 1.82) is 0 Å². The maximum Gasteiger partial charge on any atom is 0.317 e. The lowest BCUT2D eigenvalue weighted by Crippen LogP contribution is -2.40. The van der Waals surface area contributed by atoms with E-state index in [9.17, 15) is 4.79 Å². The summed E-state index contributed by atoms with van der Waals surface area (Å²) in [4.78, 5) is 14.6. The topological polar surface area (TPSA) is 50.2 Å². The molecule has 2 amide bonds. The third kappa shape index (κ3) is 3.86. The first-order valence-electron chi connectivity index (χ1n) is 9.05. The van der Waals surface area contributed by atoms with Crippen molar-refractivity contribution in [2.24, 2.45) is 13.0 Å². The number of likely N-dealkylation sites (tertiary alicyclic amines) is 1. The molecule has 2 aromatic rings. The molecular weight excluding hydrogens is 312 g/mol. The van der Waals surface area contributed by atoms with Gasteiger partial charge in [0.05, 0.1) is 11.7 Å². The highest BCUT2D eigenvalue weighted by Gasteiger charge is 2.28. The number of nitrogens with one attached hydrogen (secondary N) is 1. The number of benzene rings is 1. The normalized spacial score (nSPS) is 18.4. The number of nitrogens with zero attached hydrogens (tertiary/aromatic N) is 3. The summed E-state index contributed by atoms with van der Waals surface area (Å²) in [7, 11) is 1.94. The van der Waals surface area contributed by atoms with Crippen molar-refractivity contribution < 1.29 is 4.79 Å². The fraction of sp³-hybridized carbons (Fsp3) is 0.500. The van der Waals surface area contributed by atoms with Crippen molar-refractivity contribution in [2.75, 3.05) is 13.1 Å². The Balaban J connectivity index is 1.57. The molecule has 1 aliphatic rings. The molecule has 0 saturated carbocycles. The Morgan fingerprint density at radius 2 is 2.04 bits per heavy atom. The van der Waals surface area contributed by atoms with Crippen molar-refractivity contribution >= 4 is 6.03 Å². The predicted octanol–water partition coefficient (Wildman–Crippen LogP) is 3.37. The van der Waals surface area contributed by atoms with Gasteiger partial charge in [0.2, 0.25) is 0 Å². The van der Waals surface area contributed by atoms with Crippen LogP contribution in [0.2, 0.25) is 0 Å². The lowest BCUT2D eigenvalue weighted by atomic mass is 9.99. The van der Waals surface area contributed by atoms with Gasteiger partial charge in [-0.1, -0.05) is 30.3 Å². The summed E-state index contributed by atoms with van der Waals surface area (Å²) in [5, 5.41) is 7.60. The van der Waals surface area contributed by atoms with Gasteiger partial charge in [-0.25, -0.2) is 4.79 Å². The molecule has 134 valence electrons. The zero-order valence-corrected chi connectivity index (χ0v) is 15.6. The van der Waals surface area contributed by atoms with Gasteiger partial charge < -0.3 is 10.2 Å². The fourth-order valence-electron chi connectivity index (χ4n) is 3.90. The highest BCUT2D eigenvalue weighted by atomic mass is 16.2. The van der Waals surface area contributed by atoms with Crippen molar-refractivity contribution in [3.05, 3.63) is 52.8 Å². The molecular formula is C20H28N4O. The largest absolute Gasteiger partial charge is 0.331 e. The minimum atomic E-state index is -0.0330. The van der Waals surface area contributed by atoms with E-state index in [4.69, 9.17) is 0 Å². The van der Waals surface area contributed by atoms with Gasteiger partial charge in [0.15, 0.2) is 0 Å². The molecule has 2 heterocycles. The van der Waals surface area contributed by atoms with Gasteiger partial charge in [-0.15, -0.1) is 0 Å². The number of amides is 2. The van der Waals surface area contributed by atoms with Crippen LogP contribution in [0.5, 0.6) is 0 Å². The molecule has 0 radical (unpaired) electrons. The van der Waals surface area contributed by atoms with E-state index in [0.717, 1.165) is 42.9 Å². The summed E-state index contributed by atoms with van der Waals surface area (Å²) < 4.78 is 1.87. The van der Waals surface area contributed by atoms with E-state index in [1.54, 1.807) is 0 Å². The first-order valence-corrected chi connectivity index (χ1v) is 9.05. The Bertz CT molecular complexity index is 738. The molecule has 0 spiro atoms. The zero-order valence-electron chi connectivity index (χ0n) is 15.6. The highest BCUT2D eigenvalue weighted by molar-refractivity contribution is 5.75. The average Bonchev–Trinajstić information content (AvgIpc) is 3.13. The maximum absolute atomic E-state index is 12.6. The third-order valence-electron chi connectivity index (χ3n) is 5.28. The molecule has 1 saturated heterocycles. The van der Waals surface area contributed by atoms with E-state index < -0.39 is 0 Å². The molecule has 0 bridgehead atoms. The van der Waals surface area contributed by atoms with Crippen molar-refractivity contribution in [1.82, 2.24) is 20.0 Å². The second-order valence-electron chi connectivity index (χ2n) is 7.17. The smallest absolute Gasteiger partial charge is 0.317 e. The number of aryl methyl sites for hydroxylation is 2. The van der Waals surface area contributed by atoms with Gasteiger partial charge in [0, 0.05) is 31.4 Å². The number of urea groups is 1. The van der Waals surface area contributed by atoms with Crippen molar-refractivity contribution in [3.63, 3.8) is 0 Å². The van der Waals surface area contributed by atoms with Gasteiger partial charge >= 0.3 is 6.03 Å². The zero-order chi connectivity index (χ0) is 18.0. The highest BCUT2D eigenvalue weighted by Crippen LogP contribution is 2.23. The van der Waals surface area contributed by atoms with Gasteiger partial charge in [0.1, 0.15) is 0 Å². The SMILES string of the molecule is Cc1nn(C)c(C)c1[C@@H](C)NC(=O)N1CC[C@@H](Cc2ccccc2)C1. The van der Waals surface area contributed by atoms with E-state index >= 15 is 0 Å². The minimum Gasteiger partial charge on any atom is -0.331 e. The van der Waals surface area contributed by atoms with Crippen molar-refractivity contribution in [3.8, 4) is 0 Å². The average molecular weight is 340 g/mol. The summed E-state index contributed by atoms with van der Waals surface area (Å²) in [6.45, 7) is 7.74. The van der Waals surface area contributed by atoms with E-state index in [1.807, 2.05) is 43.5 Å². The van der Waals surface area contributed by atoms with Crippen LogP contribution in [-0.4, -0.2) is 33.8 Å². The Hall–Kier alpha value is -2.30. The predicted molar refractivity (Wildman–Crippen MR) is 99.5 cm³/mol. The van der Waals surface area contributed by atoms with E-state index in [0.29, 0.717) is 5.92 Å². The quantitative estimate of drug-likeness (QED) is 0.928. The number of rotatable bonds is 4. The lowest BCUT2D eigenvalue weighted by molar-refractivity contribution is 0.203. The summed E-state index contributed by atoms with van der Waals surface area (Å²) in [5.74, 6) is 0.547. The van der Waals surface area contributed by atoms with Gasteiger partial charge in [0.25, 0.3) is 0 Å². The molecule has 2 atom stereocenters. The third-order valence-corrected chi connectivity index (χ3v) is 5.28. The van der Waals surface area contributed by atoms with Crippen LogP contribution < -0.4 is 5.32 Å². The molecule has 1 aliphatic heterocycles. The minimum absolute atomic E-state index is 0.0330. The molecule has 1 aromatic carbocycles. The van der Waals surface area contributed by atoms with Gasteiger partial charge in [-0.05, 0) is 45.1 Å². The van der Waals surface area contributed by atoms with E-state index in [-0.39, 0.29) is 12.1 Å². The number of carbonyl (C=O) groups excluding carboxylic acids is 1. The first-order chi connectivity index (χ1) is 12.0.